The Kier molecular flexibility index (Phi) is 6.21. The van der Waals surface area contributed by atoms with E-state index in [0.29, 0.717) is 13.2 Å². The van der Waals surface area contributed by atoms with Gasteiger partial charge in [-0.2, -0.15) is 4.31 Å². The molecule has 1 aromatic carbocycles. The maximum absolute atomic E-state index is 12.8. The summed E-state index contributed by atoms with van der Waals surface area (Å²) in [6.07, 6.45) is 0.834. The predicted octanol–water partition coefficient (Wildman–Crippen LogP) is 0.540. The Morgan fingerprint density at radius 1 is 1.25 bits per heavy atom. The molecule has 154 valence electrons. The molecule has 0 radical (unpaired) electrons. The summed E-state index contributed by atoms with van der Waals surface area (Å²) in [4.78, 5) is 24.6. The summed E-state index contributed by atoms with van der Waals surface area (Å²) in [6.45, 7) is 2.59. The van der Waals surface area contributed by atoms with Gasteiger partial charge in [-0.15, -0.1) is 0 Å². The Labute approximate surface area is 164 Å². The van der Waals surface area contributed by atoms with Crippen LogP contribution in [0.3, 0.4) is 0 Å². The number of nitrogens with one attached hydrogen (secondary N) is 1. The number of hydrogen-bond donors (Lipinski definition) is 1. The highest BCUT2D eigenvalue weighted by Gasteiger charge is 2.30. The van der Waals surface area contributed by atoms with Crippen LogP contribution in [0.15, 0.2) is 23.1 Å². The second kappa shape index (κ2) is 8.46. The van der Waals surface area contributed by atoms with Gasteiger partial charge in [-0.3, -0.25) is 4.79 Å². The molecule has 1 saturated heterocycles. The molecule has 1 saturated carbocycles. The van der Waals surface area contributed by atoms with E-state index in [-0.39, 0.29) is 41.2 Å². The molecular weight excluding hydrogens is 388 g/mol. The first kappa shape index (κ1) is 20.6. The van der Waals surface area contributed by atoms with E-state index >= 15 is 0 Å². The van der Waals surface area contributed by atoms with Gasteiger partial charge in [0, 0.05) is 19.1 Å². The number of carbonyl (C=O) groups excluding carboxylic acids is 2. The number of rotatable bonds is 7. The van der Waals surface area contributed by atoms with Gasteiger partial charge in [0.1, 0.15) is 11.3 Å². The fraction of sp³-hybridized carbons (Fsp3) is 0.556. The molecule has 2 aliphatic rings. The number of esters is 1. The smallest absolute Gasteiger partial charge is 0.342 e. The first-order chi connectivity index (χ1) is 13.3. The number of ether oxygens (including phenoxy) is 3. The summed E-state index contributed by atoms with van der Waals surface area (Å²) in [7, 11) is -2.42. The first-order valence-corrected chi connectivity index (χ1v) is 10.5. The van der Waals surface area contributed by atoms with E-state index < -0.39 is 22.1 Å². The van der Waals surface area contributed by atoms with Gasteiger partial charge >= 0.3 is 5.97 Å². The fourth-order valence-corrected chi connectivity index (χ4v) is 4.20. The van der Waals surface area contributed by atoms with Crippen molar-refractivity contribution in [2.24, 2.45) is 0 Å². The standard InChI is InChI=1S/C18H24N2O7S/c1-12(17(21)19-13-3-4-13)27-18(22)15-11-14(5-6-16(15)25-2)28(23,24)20-7-9-26-10-8-20/h5-6,11-13H,3-4,7-10H2,1-2H3,(H,19,21)/t12-/m0/s1. The first-order valence-electron chi connectivity index (χ1n) is 9.10. The van der Waals surface area contributed by atoms with Gasteiger partial charge in [-0.1, -0.05) is 0 Å². The fourth-order valence-electron chi connectivity index (χ4n) is 2.77. The zero-order chi connectivity index (χ0) is 20.3. The molecule has 2 fully saturated rings. The Morgan fingerprint density at radius 3 is 2.54 bits per heavy atom. The van der Waals surface area contributed by atoms with Gasteiger partial charge in [0.25, 0.3) is 5.91 Å². The largest absolute Gasteiger partial charge is 0.496 e. The highest BCUT2D eigenvalue weighted by molar-refractivity contribution is 7.89. The van der Waals surface area contributed by atoms with E-state index in [1.165, 1.54) is 36.5 Å². The molecule has 1 aliphatic carbocycles. The maximum Gasteiger partial charge on any atom is 0.342 e. The van der Waals surface area contributed by atoms with E-state index in [0.717, 1.165) is 12.8 Å². The van der Waals surface area contributed by atoms with Gasteiger partial charge in [-0.05, 0) is 38.0 Å². The van der Waals surface area contributed by atoms with Crippen LogP contribution in [-0.4, -0.2) is 70.2 Å². The highest BCUT2D eigenvalue weighted by atomic mass is 32.2. The lowest BCUT2D eigenvalue weighted by atomic mass is 10.2. The molecule has 1 atom stereocenters. The summed E-state index contributed by atoms with van der Waals surface area (Å²) in [5.74, 6) is -1.04. The van der Waals surface area contributed by atoms with Crippen LogP contribution in [0, 0.1) is 0 Å². The minimum Gasteiger partial charge on any atom is -0.496 e. The minimum absolute atomic E-state index is 0.0442. The number of benzene rings is 1. The predicted molar refractivity (Wildman–Crippen MR) is 98.6 cm³/mol. The number of morpholine rings is 1. The van der Waals surface area contributed by atoms with Crippen LogP contribution in [0.1, 0.15) is 30.1 Å². The van der Waals surface area contributed by atoms with Crippen LogP contribution in [0.2, 0.25) is 0 Å². The monoisotopic (exact) mass is 412 g/mol. The number of carbonyl (C=O) groups is 2. The van der Waals surface area contributed by atoms with Crippen LogP contribution < -0.4 is 10.1 Å². The lowest BCUT2D eigenvalue weighted by Gasteiger charge is -2.26. The van der Waals surface area contributed by atoms with Gasteiger partial charge in [0.2, 0.25) is 10.0 Å². The summed E-state index contributed by atoms with van der Waals surface area (Å²) in [6, 6.07) is 4.14. The van der Waals surface area contributed by atoms with Crippen molar-refractivity contribution >= 4 is 21.9 Å². The van der Waals surface area contributed by atoms with Crippen LogP contribution in [0.25, 0.3) is 0 Å². The molecule has 0 bridgehead atoms. The van der Waals surface area contributed by atoms with Crippen LogP contribution >= 0.6 is 0 Å². The third-order valence-corrected chi connectivity index (χ3v) is 6.47. The van der Waals surface area contributed by atoms with E-state index in [1.807, 2.05) is 0 Å². The van der Waals surface area contributed by atoms with Crippen molar-refractivity contribution in [2.75, 3.05) is 33.4 Å². The summed E-state index contributed by atoms with van der Waals surface area (Å²) < 4.78 is 42.6. The van der Waals surface area contributed by atoms with E-state index in [1.54, 1.807) is 0 Å². The van der Waals surface area contributed by atoms with Crippen LogP contribution in [0.5, 0.6) is 5.75 Å². The molecule has 1 aromatic rings. The zero-order valence-corrected chi connectivity index (χ0v) is 16.7. The molecular formula is C18H24N2O7S. The van der Waals surface area contributed by atoms with Gasteiger partial charge < -0.3 is 19.5 Å². The molecule has 1 heterocycles. The van der Waals surface area contributed by atoms with Crippen LogP contribution in [0.4, 0.5) is 0 Å². The van der Waals surface area contributed by atoms with Crippen molar-refractivity contribution in [3.05, 3.63) is 23.8 Å². The number of nitrogens with zero attached hydrogens (tertiary/aromatic N) is 1. The summed E-state index contributed by atoms with van der Waals surface area (Å²) in [5.41, 5.74) is -0.0529. The average molecular weight is 412 g/mol. The second-order valence-corrected chi connectivity index (χ2v) is 8.65. The Hall–Kier alpha value is -2.17. The third kappa shape index (κ3) is 4.62. The van der Waals surface area contributed by atoms with Crippen molar-refractivity contribution in [3.63, 3.8) is 0 Å². The second-order valence-electron chi connectivity index (χ2n) is 6.71. The lowest BCUT2D eigenvalue weighted by Crippen LogP contribution is -2.40. The van der Waals surface area contributed by atoms with E-state index in [2.05, 4.69) is 5.32 Å². The number of methoxy groups -OCH3 is 1. The number of sulfonamides is 1. The minimum atomic E-state index is -3.78. The van der Waals surface area contributed by atoms with Gasteiger partial charge in [-0.25, -0.2) is 13.2 Å². The number of hydrogen-bond acceptors (Lipinski definition) is 7. The van der Waals surface area contributed by atoms with E-state index in [9.17, 15) is 18.0 Å². The van der Waals surface area contributed by atoms with Crippen LogP contribution in [-0.2, 0) is 24.3 Å². The molecule has 1 N–H and O–H groups in total. The maximum atomic E-state index is 12.8. The quantitative estimate of drug-likeness (QED) is 0.651. The summed E-state index contributed by atoms with van der Waals surface area (Å²) in [5, 5.41) is 2.76. The topological polar surface area (TPSA) is 111 Å². The normalized spacial score (nSPS) is 18.9. The molecule has 1 amide bonds. The SMILES string of the molecule is COc1ccc(S(=O)(=O)N2CCOCC2)cc1C(=O)O[C@@H](C)C(=O)NC1CC1. The van der Waals surface area contributed by atoms with Crippen molar-refractivity contribution in [1.82, 2.24) is 9.62 Å². The molecule has 0 unspecified atom stereocenters. The molecule has 3 rings (SSSR count). The Balaban J connectivity index is 1.80. The van der Waals surface area contributed by atoms with Crippen molar-refractivity contribution in [3.8, 4) is 5.75 Å². The zero-order valence-electron chi connectivity index (χ0n) is 15.8. The van der Waals surface area contributed by atoms with Crippen molar-refractivity contribution in [1.29, 1.82) is 0 Å². The van der Waals surface area contributed by atoms with Gasteiger partial charge in [0.15, 0.2) is 6.10 Å². The third-order valence-electron chi connectivity index (χ3n) is 4.58. The highest BCUT2D eigenvalue weighted by Crippen LogP contribution is 2.26. The Morgan fingerprint density at radius 2 is 1.93 bits per heavy atom. The molecule has 28 heavy (non-hydrogen) atoms. The lowest BCUT2D eigenvalue weighted by molar-refractivity contribution is -0.129. The average Bonchev–Trinajstić information content (AvgIpc) is 3.51. The van der Waals surface area contributed by atoms with Crippen molar-refractivity contribution < 1.29 is 32.2 Å². The molecule has 1 aliphatic heterocycles. The molecule has 0 aromatic heterocycles. The van der Waals surface area contributed by atoms with Crippen molar-refractivity contribution in [2.45, 2.75) is 36.8 Å². The molecule has 0 spiro atoms. The van der Waals surface area contributed by atoms with Gasteiger partial charge in [0.05, 0.1) is 25.2 Å². The summed E-state index contributed by atoms with van der Waals surface area (Å²) >= 11 is 0. The molecule has 10 heteroatoms. The van der Waals surface area contributed by atoms with E-state index in [4.69, 9.17) is 14.2 Å². The number of amides is 1. The Bertz CT molecular complexity index is 845. The molecule has 9 nitrogen and oxygen atoms in total.